The predicted molar refractivity (Wildman–Crippen MR) is 128 cm³/mol. The van der Waals surface area contributed by atoms with E-state index in [1.54, 1.807) is 36.4 Å². The van der Waals surface area contributed by atoms with Gasteiger partial charge in [0.1, 0.15) is 6.61 Å². The van der Waals surface area contributed by atoms with E-state index < -0.39 is 0 Å². The van der Waals surface area contributed by atoms with Crippen molar-refractivity contribution < 1.29 is 19.1 Å². The molecule has 4 rings (SSSR count). The molecule has 0 saturated carbocycles. The van der Waals surface area contributed by atoms with Crippen molar-refractivity contribution in [1.29, 1.82) is 0 Å². The van der Waals surface area contributed by atoms with Crippen LogP contribution in [0.5, 0.6) is 11.5 Å². The second-order valence-electron chi connectivity index (χ2n) is 6.91. The molecular formula is C25H20ClNO4S. The number of ether oxygens (including phenoxy) is 2. The van der Waals surface area contributed by atoms with Crippen LogP contribution in [-0.2, 0) is 11.4 Å². The molecule has 162 valence electrons. The highest BCUT2D eigenvalue weighted by atomic mass is 35.5. The van der Waals surface area contributed by atoms with Gasteiger partial charge in [-0.3, -0.25) is 9.59 Å². The average molecular weight is 466 g/mol. The fraction of sp³-hybridized carbons (Fsp3) is 0.120. The normalized spacial score (nSPS) is 14.8. The number of rotatable bonds is 7. The Morgan fingerprint density at radius 3 is 2.41 bits per heavy atom. The fourth-order valence-corrected chi connectivity index (χ4v) is 4.14. The Kier molecular flexibility index (Phi) is 6.83. The summed E-state index contributed by atoms with van der Waals surface area (Å²) in [6, 6.07) is 21.9. The molecule has 2 amide bonds. The van der Waals surface area contributed by atoms with Crippen LogP contribution in [0.3, 0.4) is 0 Å². The van der Waals surface area contributed by atoms with Crippen LogP contribution in [0.2, 0.25) is 5.02 Å². The highest BCUT2D eigenvalue weighted by Crippen LogP contribution is 2.37. The maximum Gasteiger partial charge on any atom is 0.298 e. The first-order valence-corrected chi connectivity index (χ1v) is 11.2. The largest absolute Gasteiger partial charge is 0.490 e. The van der Waals surface area contributed by atoms with Crippen LogP contribution < -0.4 is 14.4 Å². The molecule has 1 saturated heterocycles. The van der Waals surface area contributed by atoms with Gasteiger partial charge < -0.3 is 9.47 Å². The first-order chi connectivity index (χ1) is 15.5. The first kappa shape index (κ1) is 22.0. The van der Waals surface area contributed by atoms with Crippen molar-refractivity contribution in [1.82, 2.24) is 0 Å². The monoisotopic (exact) mass is 465 g/mol. The highest BCUT2D eigenvalue weighted by Gasteiger charge is 2.36. The van der Waals surface area contributed by atoms with Gasteiger partial charge in [0, 0.05) is 5.02 Å². The third-order valence-electron chi connectivity index (χ3n) is 4.68. The zero-order chi connectivity index (χ0) is 22.5. The summed E-state index contributed by atoms with van der Waals surface area (Å²) in [6.07, 6.45) is 1.68. The van der Waals surface area contributed by atoms with E-state index in [2.05, 4.69) is 0 Å². The molecule has 32 heavy (non-hydrogen) atoms. The van der Waals surface area contributed by atoms with E-state index in [4.69, 9.17) is 21.1 Å². The Bertz CT molecular complexity index is 1160. The van der Waals surface area contributed by atoms with Gasteiger partial charge in [0.25, 0.3) is 11.1 Å². The fourth-order valence-electron chi connectivity index (χ4n) is 3.17. The minimum atomic E-state index is -0.371. The van der Waals surface area contributed by atoms with E-state index in [1.807, 2.05) is 49.4 Å². The molecule has 0 bridgehead atoms. The summed E-state index contributed by atoms with van der Waals surface area (Å²) in [6.45, 7) is 2.78. The van der Waals surface area contributed by atoms with Crippen LogP contribution in [0, 0.1) is 0 Å². The number of amides is 2. The van der Waals surface area contributed by atoms with Gasteiger partial charge in [0.05, 0.1) is 17.2 Å². The maximum absolute atomic E-state index is 12.9. The molecule has 3 aromatic carbocycles. The quantitative estimate of drug-likeness (QED) is 0.370. The Morgan fingerprint density at radius 1 is 0.938 bits per heavy atom. The number of nitrogens with zero attached hydrogens (tertiary/aromatic N) is 1. The molecular weight excluding hydrogens is 446 g/mol. The zero-order valence-corrected chi connectivity index (χ0v) is 18.9. The lowest BCUT2D eigenvalue weighted by molar-refractivity contribution is -0.113. The van der Waals surface area contributed by atoms with E-state index in [-0.39, 0.29) is 11.1 Å². The standard InChI is InChI=1S/C25H20ClNO4S/c1-2-30-22-14-18(8-13-21(22)31-16-17-6-4-3-5-7-17)15-23-24(28)27(25(29)32-23)20-11-9-19(26)10-12-20/h3-15H,2,16H2,1H3/b23-15+. The minimum Gasteiger partial charge on any atom is -0.490 e. The number of carbonyl (C=O) groups excluding carboxylic acids is 2. The van der Waals surface area contributed by atoms with Crippen molar-refractivity contribution in [2.24, 2.45) is 0 Å². The van der Waals surface area contributed by atoms with Crippen molar-refractivity contribution in [2.75, 3.05) is 11.5 Å². The highest BCUT2D eigenvalue weighted by molar-refractivity contribution is 8.19. The summed E-state index contributed by atoms with van der Waals surface area (Å²) < 4.78 is 11.7. The summed E-state index contributed by atoms with van der Waals surface area (Å²) in [4.78, 5) is 26.8. The summed E-state index contributed by atoms with van der Waals surface area (Å²) in [5, 5.41) is 0.186. The molecule has 5 nitrogen and oxygen atoms in total. The van der Waals surface area contributed by atoms with Crippen LogP contribution in [0.4, 0.5) is 10.5 Å². The summed E-state index contributed by atoms with van der Waals surface area (Å²) in [7, 11) is 0. The van der Waals surface area contributed by atoms with Crippen molar-refractivity contribution in [2.45, 2.75) is 13.5 Å². The molecule has 0 N–H and O–H groups in total. The Hall–Kier alpha value is -3.22. The van der Waals surface area contributed by atoms with E-state index in [0.29, 0.717) is 40.3 Å². The number of hydrogen-bond donors (Lipinski definition) is 0. The van der Waals surface area contributed by atoms with Gasteiger partial charge in [-0.05, 0) is 72.3 Å². The third kappa shape index (κ3) is 4.98. The molecule has 1 aliphatic heterocycles. The lowest BCUT2D eigenvalue weighted by Gasteiger charge is -2.13. The molecule has 0 aromatic heterocycles. The molecule has 1 fully saturated rings. The smallest absolute Gasteiger partial charge is 0.298 e. The van der Waals surface area contributed by atoms with Crippen LogP contribution >= 0.6 is 23.4 Å². The van der Waals surface area contributed by atoms with Gasteiger partial charge in [-0.2, -0.15) is 0 Å². The topological polar surface area (TPSA) is 55.8 Å². The summed E-state index contributed by atoms with van der Waals surface area (Å²) in [5.41, 5.74) is 2.27. The maximum atomic E-state index is 12.9. The van der Waals surface area contributed by atoms with Crippen LogP contribution in [0.1, 0.15) is 18.1 Å². The van der Waals surface area contributed by atoms with Gasteiger partial charge in [0.2, 0.25) is 0 Å². The molecule has 1 heterocycles. The zero-order valence-electron chi connectivity index (χ0n) is 17.3. The summed E-state index contributed by atoms with van der Waals surface area (Å²) in [5.74, 6) is 0.820. The Morgan fingerprint density at radius 2 is 1.69 bits per heavy atom. The third-order valence-corrected chi connectivity index (χ3v) is 5.80. The van der Waals surface area contributed by atoms with Crippen LogP contribution in [0.25, 0.3) is 6.08 Å². The van der Waals surface area contributed by atoms with E-state index >= 15 is 0 Å². The number of halogens is 1. The Labute approximate surface area is 195 Å². The van der Waals surface area contributed by atoms with Gasteiger partial charge in [-0.15, -0.1) is 0 Å². The van der Waals surface area contributed by atoms with E-state index in [0.717, 1.165) is 27.8 Å². The predicted octanol–water partition coefficient (Wildman–Crippen LogP) is 6.56. The van der Waals surface area contributed by atoms with Crippen LogP contribution in [-0.4, -0.2) is 17.8 Å². The van der Waals surface area contributed by atoms with Gasteiger partial charge in [0.15, 0.2) is 11.5 Å². The average Bonchev–Trinajstić information content (AvgIpc) is 3.07. The van der Waals surface area contributed by atoms with Crippen LogP contribution in [0.15, 0.2) is 77.7 Å². The van der Waals surface area contributed by atoms with E-state index in [9.17, 15) is 9.59 Å². The number of thioether (sulfide) groups is 1. The van der Waals surface area contributed by atoms with Crippen molar-refractivity contribution >= 4 is 46.3 Å². The lowest BCUT2D eigenvalue weighted by Crippen LogP contribution is -2.27. The molecule has 0 atom stereocenters. The molecule has 3 aromatic rings. The molecule has 0 aliphatic carbocycles. The molecule has 0 spiro atoms. The SMILES string of the molecule is CCOc1cc(/C=C2/SC(=O)N(c3ccc(Cl)cc3)C2=O)ccc1OCc1ccccc1. The number of benzene rings is 3. The summed E-state index contributed by atoms with van der Waals surface area (Å²) >= 11 is 6.81. The van der Waals surface area contributed by atoms with Crippen molar-refractivity contribution in [3.8, 4) is 11.5 Å². The number of carbonyl (C=O) groups is 2. The number of anilines is 1. The second-order valence-corrected chi connectivity index (χ2v) is 8.34. The Balaban J connectivity index is 1.55. The van der Waals surface area contributed by atoms with Gasteiger partial charge in [-0.25, -0.2) is 4.90 Å². The molecule has 0 unspecified atom stereocenters. The van der Waals surface area contributed by atoms with Crippen molar-refractivity contribution in [3.05, 3.63) is 93.9 Å². The molecule has 0 radical (unpaired) electrons. The van der Waals surface area contributed by atoms with Crippen molar-refractivity contribution in [3.63, 3.8) is 0 Å². The lowest BCUT2D eigenvalue weighted by atomic mass is 10.1. The number of hydrogen-bond acceptors (Lipinski definition) is 5. The van der Waals surface area contributed by atoms with Gasteiger partial charge in [-0.1, -0.05) is 48.0 Å². The minimum absolute atomic E-state index is 0.338. The van der Waals surface area contributed by atoms with Gasteiger partial charge >= 0.3 is 0 Å². The second kappa shape index (κ2) is 9.94. The molecule has 1 aliphatic rings. The number of imide groups is 1. The first-order valence-electron chi connectivity index (χ1n) is 10.0. The molecule has 7 heteroatoms. The van der Waals surface area contributed by atoms with E-state index in [1.165, 1.54) is 0 Å².